The van der Waals surface area contributed by atoms with E-state index < -0.39 is 0 Å². The van der Waals surface area contributed by atoms with Gasteiger partial charge in [-0.1, -0.05) is 0 Å². The summed E-state index contributed by atoms with van der Waals surface area (Å²) in [5.41, 5.74) is 2.75. The van der Waals surface area contributed by atoms with Crippen molar-refractivity contribution < 1.29 is 0 Å². The summed E-state index contributed by atoms with van der Waals surface area (Å²) in [5.74, 6) is 2.54. The van der Waals surface area contributed by atoms with Crippen LogP contribution in [0.3, 0.4) is 0 Å². The molecule has 18 heavy (non-hydrogen) atoms. The number of nitrogens with zero attached hydrogens (tertiary/aromatic N) is 2. The molecule has 0 amide bonds. The fourth-order valence-electron chi connectivity index (χ4n) is 2.38. The minimum atomic E-state index is 0.769. The molecule has 1 aliphatic heterocycles. The summed E-state index contributed by atoms with van der Waals surface area (Å²) in [6.07, 6.45) is 7.94. The maximum Gasteiger partial charge on any atom is 0.0598 e. The summed E-state index contributed by atoms with van der Waals surface area (Å²) in [6, 6.07) is 2.94. The van der Waals surface area contributed by atoms with Gasteiger partial charge in [0.05, 0.1) is 11.9 Å². The highest BCUT2D eigenvalue weighted by Crippen LogP contribution is 2.24. The van der Waals surface area contributed by atoms with Gasteiger partial charge < -0.3 is 10.2 Å². The van der Waals surface area contributed by atoms with Gasteiger partial charge in [-0.25, -0.2) is 0 Å². The van der Waals surface area contributed by atoms with Crippen molar-refractivity contribution in [2.45, 2.75) is 31.8 Å². The monoisotopic (exact) mass is 263 g/mol. The number of nitrogens with one attached hydrogen (secondary N) is 1. The molecular weight excluding hydrogens is 242 g/mol. The maximum atomic E-state index is 4.32. The van der Waals surface area contributed by atoms with Crippen molar-refractivity contribution in [1.82, 2.24) is 10.3 Å². The number of hydrogen-bond acceptors (Lipinski definition) is 4. The normalized spacial score (nSPS) is 20.8. The van der Waals surface area contributed by atoms with Crippen molar-refractivity contribution in [2.24, 2.45) is 0 Å². The maximum absolute atomic E-state index is 4.32. The Balaban J connectivity index is 1.71. The van der Waals surface area contributed by atoms with Crippen LogP contribution in [0.2, 0.25) is 0 Å². The summed E-state index contributed by atoms with van der Waals surface area (Å²) in [5, 5.41) is 3.61. The van der Waals surface area contributed by atoms with E-state index in [0.29, 0.717) is 0 Å². The molecule has 0 unspecified atom stereocenters. The first-order valence-corrected chi connectivity index (χ1v) is 8.08. The van der Waals surface area contributed by atoms with E-state index in [9.17, 15) is 0 Å². The first-order chi connectivity index (χ1) is 8.93. The van der Waals surface area contributed by atoms with E-state index in [1.807, 2.05) is 12.4 Å². The lowest BCUT2D eigenvalue weighted by molar-refractivity contribution is 0.682. The van der Waals surface area contributed by atoms with Gasteiger partial charge >= 0.3 is 0 Å². The van der Waals surface area contributed by atoms with Gasteiger partial charge in [-0.2, -0.15) is 11.8 Å². The Morgan fingerprint density at radius 2 is 2.28 bits per heavy atom. The van der Waals surface area contributed by atoms with Crippen molar-refractivity contribution in [3.8, 4) is 0 Å². The average molecular weight is 263 g/mol. The SMILES string of the molecule is c1cc(CNC2CC2)c(N2CCCSCC2)cn1. The van der Waals surface area contributed by atoms with Gasteiger partial charge in [0.2, 0.25) is 0 Å². The summed E-state index contributed by atoms with van der Waals surface area (Å²) in [7, 11) is 0. The molecular formula is C14H21N3S. The second-order valence-corrected chi connectivity index (χ2v) is 6.34. The molecule has 4 heteroatoms. The molecule has 1 aromatic rings. The zero-order valence-electron chi connectivity index (χ0n) is 10.8. The van der Waals surface area contributed by atoms with Gasteiger partial charge in [0.1, 0.15) is 0 Å². The standard InChI is InChI=1S/C14H21N3S/c1-6-17(7-9-18-8-1)14-11-15-5-4-12(14)10-16-13-2-3-13/h4-5,11,13,16H,1-3,6-10H2. The summed E-state index contributed by atoms with van der Waals surface area (Å²) in [4.78, 5) is 6.83. The Kier molecular flexibility index (Phi) is 4.06. The first kappa shape index (κ1) is 12.3. The molecule has 98 valence electrons. The third-order valence-corrected chi connectivity index (χ3v) is 4.66. The smallest absolute Gasteiger partial charge is 0.0598 e. The van der Waals surface area contributed by atoms with Crippen LogP contribution in [0.1, 0.15) is 24.8 Å². The van der Waals surface area contributed by atoms with Crippen molar-refractivity contribution in [3.05, 3.63) is 24.0 Å². The topological polar surface area (TPSA) is 28.2 Å². The minimum Gasteiger partial charge on any atom is -0.369 e. The van der Waals surface area contributed by atoms with E-state index >= 15 is 0 Å². The van der Waals surface area contributed by atoms with Crippen LogP contribution in [0.15, 0.2) is 18.5 Å². The highest BCUT2D eigenvalue weighted by molar-refractivity contribution is 7.99. The molecule has 0 atom stereocenters. The van der Waals surface area contributed by atoms with E-state index in [0.717, 1.165) is 19.1 Å². The third-order valence-electron chi connectivity index (χ3n) is 3.61. The van der Waals surface area contributed by atoms with Gasteiger partial charge in [-0.15, -0.1) is 0 Å². The molecule has 1 aliphatic carbocycles. The van der Waals surface area contributed by atoms with Crippen molar-refractivity contribution >= 4 is 17.4 Å². The van der Waals surface area contributed by atoms with Crippen LogP contribution in [0, 0.1) is 0 Å². The molecule has 0 bridgehead atoms. The number of aromatic nitrogens is 1. The molecule has 1 saturated heterocycles. The summed E-state index contributed by atoms with van der Waals surface area (Å²) in [6.45, 7) is 3.33. The van der Waals surface area contributed by atoms with Gasteiger partial charge in [0.25, 0.3) is 0 Å². The number of rotatable bonds is 4. The second kappa shape index (κ2) is 5.93. The number of hydrogen-bond donors (Lipinski definition) is 1. The van der Waals surface area contributed by atoms with Crippen LogP contribution in [0.5, 0.6) is 0 Å². The van der Waals surface area contributed by atoms with E-state index in [2.05, 4.69) is 33.0 Å². The Morgan fingerprint density at radius 3 is 3.17 bits per heavy atom. The Hall–Kier alpha value is -0.740. The van der Waals surface area contributed by atoms with E-state index in [1.54, 1.807) is 0 Å². The molecule has 0 aromatic carbocycles. The van der Waals surface area contributed by atoms with Gasteiger partial charge in [0.15, 0.2) is 0 Å². The van der Waals surface area contributed by atoms with Gasteiger partial charge in [0, 0.05) is 37.6 Å². The largest absolute Gasteiger partial charge is 0.369 e. The number of thioether (sulfide) groups is 1. The van der Waals surface area contributed by atoms with Crippen LogP contribution in [0.25, 0.3) is 0 Å². The van der Waals surface area contributed by atoms with Crippen LogP contribution >= 0.6 is 11.8 Å². The van der Waals surface area contributed by atoms with Crippen LogP contribution in [-0.4, -0.2) is 35.6 Å². The minimum absolute atomic E-state index is 0.769. The van der Waals surface area contributed by atoms with E-state index in [-0.39, 0.29) is 0 Å². The lowest BCUT2D eigenvalue weighted by Crippen LogP contribution is -2.28. The molecule has 3 nitrogen and oxygen atoms in total. The summed E-state index contributed by atoms with van der Waals surface area (Å²) < 4.78 is 0. The third kappa shape index (κ3) is 3.18. The lowest BCUT2D eigenvalue weighted by Gasteiger charge is -2.24. The van der Waals surface area contributed by atoms with Gasteiger partial charge in [-0.3, -0.25) is 4.98 Å². The highest BCUT2D eigenvalue weighted by atomic mass is 32.2. The average Bonchev–Trinajstić information content (AvgIpc) is 3.24. The molecule has 0 radical (unpaired) electrons. The molecule has 0 spiro atoms. The Morgan fingerprint density at radius 1 is 1.33 bits per heavy atom. The van der Waals surface area contributed by atoms with Crippen LogP contribution in [0.4, 0.5) is 5.69 Å². The predicted molar refractivity (Wildman–Crippen MR) is 78.3 cm³/mol. The number of pyridine rings is 1. The van der Waals surface area contributed by atoms with Crippen molar-refractivity contribution in [1.29, 1.82) is 0 Å². The zero-order chi connectivity index (χ0) is 12.2. The fraction of sp³-hybridized carbons (Fsp3) is 0.643. The molecule has 1 saturated carbocycles. The molecule has 2 aliphatic rings. The fourth-order valence-corrected chi connectivity index (χ4v) is 3.26. The van der Waals surface area contributed by atoms with Crippen LogP contribution < -0.4 is 10.2 Å². The Bertz CT molecular complexity index is 384. The quantitative estimate of drug-likeness (QED) is 0.902. The van der Waals surface area contributed by atoms with Crippen molar-refractivity contribution in [3.63, 3.8) is 0 Å². The zero-order valence-corrected chi connectivity index (χ0v) is 11.6. The van der Waals surface area contributed by atoms with Crippen LogP contribution in [-0.2, 0) is 6.54 Å². The lowest BCUT2D eigenvalue weighted by atomic mass is 10.2. The molecule has 2 fully saturated rings. The molecule has 3 rings (SSSR count). The van der Waals surface area contributed by atoms with E-state index in [4.69, 9.17) is 0 Å². The first-order valence-electron chi connectivity index (χ1n) is 6.92. The summed E-state index contributed by atoms with van der Waals surface area (Å²) >= 11 is 2.07. The molecule has 2 heterocycles. The highest BCUT2D eigenvalue weighted by Gasteiger charge is 2.21. The molecule has 1 N–H and O–H groups in total. The molecule has 1 aromatic heterocycles. The predicted octanol–water partition coefficient (Wildman–Crippen LogP) is 2.28. The van der Waals surface area contributed by atoms with Gasteiger partial charge in [-0.05, 0) is 36.6 Å². The second-order valence-electron chi connectivity index (χ2n) is 5.11. The number of anilines is 1. The van der Waals surface area contributed by atoms with E-state index in [1.165, 1.54) is 48.6 Å². The van der Waals surface area contributed by atoms with Crippen molar-refractivity contribution in [2.75, 3.05) is 29.5 Å². The Labute approximate surface area is 113 Å².